The van der Waals surface area contributed by atoms with Crippen molar-refractivity contribution in [2.75, 3.05) is 5.32 Å². The molecule has 0 bridgehead atoms. The number of carbonyl (C=O) groups is 1. The molecule has 0 heterocycles. The van der Waals surface area contributed by atoms with Gasteiger partial charge in [-0.3, -0.25) is 9.79 Å². The van der Waals surface area contributed by atoms with Crippen LogP contribution in [0.25, 0.3) is 10.8 Å². The van der Waals surface area contributed by atoms with Gasteiger partial charge in [-0.25, -0.2) is 0 Å². The lowest BCUT2D eigenvalue weighted by molar-refractivity contribution is 0.102. The third kappa shape index (κ3) is 4.04. The van der Waals surface area contributed by atoms with E-state index in [2.05, 4.69) is 10.3 Å². The van der Waals surface area contributed by atoms with E-state index < -0.39 is 0 Å². The standard InChI is InChI=1S/C25H19ClN2O2/c1-16-6-2-5-9-23(16)28-25(30)21-14-17-7-3-4-8-20(17)22(24(21)29)15-27-19-12-10-18(26)11-13-19/h2-15,29H,1H3,(H,28,30). The Kier molecular flexibility index (Phi) is 5.50. The van der Waals surface area contributed by atoms with Gasteiger partial charge in [-0.15, -0.1) is 0 Å². The molecule has 5 heteroatoms. The number of nitrogens with zero attached hydrogens (tertiary/aromatic N) is 1. The molecule has 4 aromatic rings. The van der Waals surface area contributed by atoms with Gasteiger partial charge in [0.1, 0.15) is 5.75 Å². The number of phenols is 1. The molecular weight excluding hydrogens is 396 g/mol. The van der Waals surface area contributed by atoms with Gasteiger partial charge in [0.25, 0.3) is 5.91 Å². The van der Waals surface area contributed by atoms with Crippen molar-refractivity contribution in [1.82, 2.24) is 0 Å². The second kappa shape index (κ2) is 8.39. The molecule has 1 amide bonds. The van der Waals surface area contributed by atoms with Crippen molar-refractivity contribution in [1.29, 1.82) is 0 Å². The van der Waals surface area contributed by atoms with Crippen LogP contribution in [-0.4, -0.2) is 17.2 Å². The van der Waals surface area contributed by atoms with Crippen molar-refractivity contribution in [3.8, 4) is 5.75 Å². The fourth-order valence-electron chi connectivity index (χ4n) is 3.24. The zero-order chi connectivity index (χ0) is 21.1. The van der Waals surface area contributed by atoms with Gasteiger partial charge in [0.15, 0.2) is 0 Å². The van der Waals surface area contributed by atoms with Crippen molar-refractivity contribution < 1.29 is 9.90 Å². The van der Waals surface area contributed by atoms with Crippen LogP contribution in [0.3, 0.4) is 0 Å². The quantitative estimate of drug-likeness (QED) is 0.374. The maximum Gasteiger partial charge on any atom is 0.259 e. The second-order valence-electron chi connectivity index (χ2n) is 6.91. The number of para-hydroxylation sites is 1. The lowest BCUT2D eigenvalue weighted by Crippen LogP contribution is -2.13. The summed E-state index contributed by atoms with van der Waals surface area (Å²) in [5.41, 5.74) is 3.01. The molecule has 0 aliphatic carbocycles. The van der Waals surface area contributed by atoms with E-state index in [4.69, 9.17) is 11.6 Å². The Bertz CT molecular complexity index is 1260. The first-order valence-electron chi connectivity index (χ1n) is 9.44. The summed E-state index contributed by atoms with van der Waals surface area (Å²) in [5.74, 6) is -0.494. The van der Waals surface area contributed by atoms with Crippen LogP contribution in [0.1, 0.15) is 21.5 Å². The smallest absolute Gasteiger partial charge is 0.259 e. The number of amides is 1. The molecule has 4 aromatic carbocycles. The molecule has 30 heavy (non-hydrogen) atoms. The average molecular weight is 415 g/mol. The Morgan fingerprint density at radius 3 is 2.47 bits per heavy atom. The lowest BCUT2D eigenvalue weighted by atomic mass is 9.99. The summed E-state index contributed by atoms with van der Waals surface area (Å²) in [6.07, 6.45) is 1.57. The molecule has 0 aliphatic rings. The lowest BCUT2D eigenvalue weighted by Gasteiger charge is -2.13. The third-order valence-electron chi connectivity index (χ3n) is 4.87. The predicted octanol–water partition coefficient (Wildman–Crippen LogP) is 6.51. The van der Waals surface area contributed by atoms with E-state index in [0.717, 1.165) is 16.3 Å². The molecular formula is C25H19ClN2O2. The summed E-state index contributed by atoms with van der Waals surface area (Å²) in [7, 11) is 0. The molecule has 4 nitrogen and oxygen atoms in total. The summed E-state index contributed by atoms with van der Waals surface area (Å²) < 4.78 is 0. The molecule has 0 atom stereocenters. The SMILES string of the molecule is Cc1ccccc1NC(=O)c1cc2ccccc2c(C=Nc2ccc(Cl)cc2)c1O. The fraction of sp³-hybridized carbons (Fsp3) is 0.0400. The van der Waals surface area contributed by atoms with Crippen LogP contribution in [0, 0.1) is 6.92 Å². The zero-order valence-corrected chi connectivity index (χ0v) is 17.0. The normalized spacial score (nSPS) is 11.1. The van der Waals surface area contributed by atoms with E-state index in [1.807, 2.05) is 55.5 Å². The highest BCUT2D eigenvalue weighted by atomic mass is 35.5. The minimum Gasteiger partial charge on any atom is -0.506 e. The van der Waals surface area contributed by atoms with E-state index in [9.17, 15) is 9.90 Å². The summed E-state index contributed by atoms with van der Waals surface area (Å²) in [5, 5.41) is 16.1. The van der Waals surface area contributed by atoms with Crippen molar-refractivity contribution in [3.05, 3.63) is 101 Å². The Labute approximate surface area is 179 Å². The second-order valence-corrected chi connectivity index (χ2v) is 7.35. The van der Waals surface area contributed by atoms with E-state index in [1.165, 1.54) is 0 Å². The number of hydrogen-bond acceptors (Lipinski definition) is 3. The predicted molar refractivity (Wildman–Crippen MR) is 123 cm³/mol. The highest BCUT2D eigenvalue weighted by Gasteiger charge is 2.18. The Morgan fingerprint density at radius 1 is 1.00 bits per heavy atom. The number of aliphatic imine (C=N–C) groups is 1. The molecule has 0 fully saturated rings. The van der Waals surface area contributed by atoms with E-state index in [1.54, 1.807) is 36.5 Å². The van der Waals surface area contributed by atoms with Crippen LogP contribution in [0.2, 0.25) is 5.02 Å². The summed E-state index contributed by atoms with van der Waals surface area (Å²) in [6.45, 7) is 1.92. The highest BCUT2D eigenvalue weighted by Crippen LogP contribution is 2.31. The number of benzene rings is 4. The first kappa shape index (κ1) is 19.7. The van der Waals surface area contributed by atoms with Gasteiger partial charge in [0.2, 0.25) is 0 Å². The molecule has 0 aromatic heterocycles. The Hall–Kier alpha value is -3.63. The molecule has 148 valence electrons. The van der Waals surface area contributed by atoms with Crippen molar-refractivity contribution in [3.63, 3.8) is 0 Å². The largest absolute Gasteiger partial charge is 0.506 e. The first-order valence-corrected chi connectivity index (χ1v) is 9.82. The number of halogens is 1. The van der Waals surface area contributed by atoms with Gasteiger partial charge >= 0.3 is 0 Å². The third-order valence-corrected chi connectivity index (χ3v) is 5.12. The number of nitrogens with one attached hydrogen (secondary N) is 1. The summed E-state index contributed by atoms with van der Waals surface area (Å²) in [6, 6.07) is 23.8. The number of anilines is 1. The molecule has 0 unspecified atom stereocenters. The maximum atomic E-state index is 13.0. The van der Waals surface area contributed by atoms with Crippen molar-refractivity contribution >= 4 is 45.9 Å². The van der Waals surface area contributed by atoms with Crippen LogP contribution in [0.5, 0.6) is 5.75 Å². The molecule has 2 N–H and O–H groups in total. The minimum atomic E-state index is -0.381. The maximum absolute atomic E-state index is 13.0. The van der Waals surface area contributed by atoms with Crippen LogP contribution in [0.4, 0.5) is 11.4 Å². The number of carbonyl (C=O) groups excluding carboxylic acids is 1. The van der Waals surface area contributed by atoms with Gasteiger partial charge in [-0.1, -0.05) is 54.1 Å². The monoisotopic (exact) mass is 414 g/mol. The molecule has 0 radical (unpaired) electrons. The van der Waals surface area contributed by atoms with Crippen LogP contribution in [-0.2, 0) is 0 Å². The van der Waals surface area contributed by atoms with Crippen LogP contribution >= 0.6 is 11.6 Å². The number of aryl methyl sites for hydroxylation is 1. The van der Waals surface area contributed by atoms with E-state index in [-0.39, 0.29) is 17.2 Å². The van der Waals surface area contributed by atoms with Crippen molar-refractivity contribution in [2.24, 2.45) is 4.99 Å². The molecule has 0 spiro atoms. The molecule has 0 saturated heterocycles. The minimum absolute atomic E-state index is 0.113. The van der Waals surface area contributed by atoms with E-state index >= 15 is 0 Å². The molecule has 4 rings (SSSR count). The van der Waals surface area contributed by atoms with Gasteiger partial charge in [-0.2, -0.15) is 0 Å². The zero-order valence-electron chi connectivity index (χ0n) is 16.3. The highest BCUT2D eigenvalue weighted by molar-refractivity contribution is 6.30. The van der Waals surface area contributed by atoms with Gasteiger partial charge in [0, 0.05) is 22.5 Å². The number of hydrogen-bond donors (Lipinski definition) is 2. The van der Waals surface area contributed by atoms with Gasteiger partial charge in [-0.05, 0) is 59.7 Å². The van der Waals surface area contributed by atoms with E-state index in [0.29, 0.717) is 22.0 Å². The summed E-state index contributed by atoms with van der Waals surface area (Å²) >= 11 is 5.93. The number of rotatable bonds is 4. The van der Waals surface area contributed by atoms with Gasteiger partial charge < -0.3 is 10.4 Å². The number of aromatic hydroxyl groups is 1. The van der Waals surface area contributed by atoms with Crippen LogP contribution in [0.15, 0.2) is 83.9 Å². The first-order chi connectivity index (χ1) is 14.5. The average Bonchev–Trinajstić information content (AvgIpc) is 2.75. The number of phenolic OH excluding ortho intramolecular Hbond substituents is 1. The van der Waals surface area contributed by atoms with Crippen molar-refractivity contribution in [2.45, 2.75) is 6.92 Å². The molecule has 0 aliphatic heterocycles. The number of fused-ring (bicyclic) bond motifs is 1. The van der Waals surface area contributed by atoms with Crippen LogP contribution < -0.4 is 5.32 Å². The summed E-state index contributed by atoms with van der Waals surface area (Å²) in [4.78, 5) is 17.4. The Morgan fingerprint density at radius 2 is 1.70 bits per heavy atom. The molecule has 0 saturated carbocycles. The Balaban J connectivity index is 1.78. The topological polar surface area (TPSA) is 61.7 Å². The fourth-order valence-corrected chi connectivity index (χ4v) is 3.36. The van der Waals surface area contributed by atoms with Gasteiger partial charge in [0.05, 0.1) is 11.3 Å².